The molecule has 2 unspecified atom stereocenters. The van der Waals surface area contributed by atoms with E-state index in [9.17, 15) is 5.11 Å². The molecule has 0 saturated carbocycles. The normalized spacial score (nSPS) is 15.8. The molecule has 0 aromatic heterocycles. The van der Waals surface area contributed by atoms with Crippen molar-refractivity contribution in [2.75, 3.05) is 19.6 Å². The largest absolute Gasteiger partial charge is 0.376 e. The maximum absolute atomic E-state index is 9.34. The van der Waals surface area contributed by atoms with Crippen LogP contribution < -0.4 is 16.4 Å². The molecule has 0 aliphatic carbocycles. The van der Waals surface area contributed by atoms with Gasteiger partial charge in [0.05, 0.1) is 0 Å². The lowest BCUT2D eigenvalue weighted by Gasteiger charge is -2.21. The number of aliphatic hydroxyl groups is 1. The second-order valence-electron chi connectivity index (χ2n) is 5.22. The molecular formula is C14H41N3O. The van der Waals surface area contributed by atoms with Gasteiger partial charge in [0.1, 0.15) is 5.72 Å². The van der Waals surface area contributed by atoms with Gasteiger partial charge in [0.15, 0.2) is 0 Å². The average Bonchev–Trinajstić information content (AvgIpc) is 2.29. The Kier molecular flexibility index (Phi) is 13.3. The SMILES string of the molecule is CC.CCC(CNCCC(C)(N)O)NCC(C)C.[HH].[HH].[HH]. The van der Waals surface area contributed by atoms with Crippen molar-refractivity contribution in [3.8, 4) is 0 Å². The summed E-state index contributed by atoms with van der Waals surface area (Å²) in [6.45, 7) is 15.0. The van der Waals surface area contributed by atoms with E-state index < -0.39 is 5.72 Å². The first kappa shape index (κ1) is 20.2. The van der Waals surface area contributed by atoms with Crippen molar-refractivity contribution < 1.29 is 9.39 Å². The van der Waals surface area contributed by atoms with Crippen molar-refractivity contribution in [1.82, 2.24) is 10.6 Å². The lowest BCUT2D eigenvalue weighted by Crippen LogP contribution is -2.43. The van der Waals surface area contributed by atoms with Crippen molar-refractivity contribution in [2.24, 2.45) is 11.7 Å². The van der Waals surface area contributed by atoms with Crippen LogP contribution in [0.4, 0.5) is 0 Å². The van der Waals surface area contributed by atoms with Gasteiger partial charge in [-0.25, -0.2) is 0 Å². The first-order valence-electron chi connectivity index (χ1n) is 7.30. The van der Waals surface area contributed by atoms with Crippen LogP contribution in [0.25, 0.3) is 0 Å². The topological polar surface area (TPSA) is 70.3 Å². The molecule has 0 rings (SSSR count). The zero-order valence-corrected chi connectivity index (χ0v) is 13.2. The van der Waals surface area contributed by atoms with Gasteiger partial charge in [0.25, 0.3) is 0 Å². The van der Waals surface area contributed by atoms with E-state index in [1.807, 2.05) is 13.8 Å². The highest BCUT2D eigenvalue weighted by molar-refractivity contribution is 4.70. The van der Waals surface area contributed by atoms with Crippen LogP contribution in [0, 0.1) is 5.92 Å². The third-order valence-corrected chi connectivity index (χ3v) is 2.51. The van der Waals surface area contributed by atoms with Gasteiger partial charge in [-0.3, -0.25) is 0 Å². The molecule has 2 atom stereocenters. The van der Waals surface area contributed by atoms with Gasteiger partial charge in [0, 0.05) is 23.3 Å². The van der Waals surface area contributed by atoms with Gasteiger partial charge >= 0.3 is 0 Å². The van der Waals surface area contributed by atoms with Crippen molar-refractivity contribution in [3.63, 3.8) is 0 Å². The minimum atomic E-state index is -1.06. The average molecular weight is 268 g/mol. The van der Waals surface area contributed by atoms with E-state index in [0.29, 0.717) is 18.4 Å². The minimum absolute atomic E-state index is 0. The van der Waals surface area contributed by atoms with Crippen LogP contribution in [0.15, 0.2) is 0 Å². The second kappa shape index (κ2) is 11.9. The summed E-state index contributed by atoms with van der Waals surface area (Å²) < 4.78 is 0. The third kappa shape index (κ3) is 15.8. The Morgan fingerprint density at radius 3 is 2.22 bits per heavy atom. The molecular weight excluding hydrogens is 226 g/mol. The fourth-order valence-electron chi connectivity index (χ4n) is 1.38. The van der Waals surface area contributed by atoms with Crippen LogP contribution in [0.3, 0.4) is 0 Å². The molecule has 0 aromatic rings. The summed E-state index contributed by atoms with van der Waals surface area (Å²) in [5.74, 6) is 0.679. The molecule has 0 saturated heterocycles. The highest BCUT2D eigenvalue weighted by atomic mass is 16.3. The first-order valence-corrected chi connectivity index (χ1v) is 7.30. The second-order valence-corrected chi connectivity index (χ2v) is 5.22. The molecule has 0 radical (unpaired) electrons. The predicted molar refractivity (Wildman–Crippen MR) is 86.9 cm³/mol. The van der Waals surface area contributed by atoms with E-state index in [4.69, 9.17) is 5.73 Å². The first-order chi connectivity index (χ1) is 8.35. The van der Waals surface area contributed by atoms with E-state index in [-0.39, 0.29) is 4.28 Å². The van der Waals surface area contributed by atoms with Crippen molar-refractivity contribution in [1.29, 1.82) is 0 Å². The molecule has 5 N–H and O–H groups in total. The minimum Gasteiger partial charge on any atom is -0.376 e. The molecule has 0 aromatic carbocycles. The van der Waals surface area contributed by atoms with Gasteiger partial charge < -0.3 is 21.5 Å². The van der Waals surface area contributed by atoms with Crippen LogP contribution in [0.5, 0.6) is 0 Å². The molecule has 0 aliphatic heterocycles. The quantitative estimate of drug-likeness (QED) is 0.382. The Hall–Kier alpha value is -0.160. The van der Waals surface area contributed by atoms with E-state index >= 15 is 0 Å². The summed E-state index contributed by atoms with van der Waals surface area (Å²) >= 11 is 0. The Morgan fingerprint density at radius 2 is 1.83 bits per heavy atom. The number of hydrogen-bond acceptors (Lipinski definition) is 4. The summed E-state index contributed by atoms with van der Waals surface area (Å²) in [6.07, 6.45) is 1.69. The Labute approximate surface area is 118 Å². The highest BCUT2D eigenvalue weighted by Crippen LogP contribution is 1.98. The van der Waals surface area contributed by atoms with Gasteiger partial charge in [-0.05, 0) is 32.4 Å². The zero-order valence-electron chi connectivity index (χ0n) is 13.2. The van der Waals surface area contributed by atoms with Gasteiger partial charge in [-0.15, -0.1) is 0 Å². The monoisotopic (exact) mass is 267 g/mol. The van der Waals surface area contributed by atoms with Crippen LogP contribution in [-0.4, -0.2) is 36.5 Å². The van der Waals surface area contributed by atoms with Gasteiger partial charge in [0.2, 0.25) is 0 Å². The summed E-state index contributed by atoms with van der Waals surface area (Å²) in [5, 5.41) is 16.2. The Morgan fingerprint density at radius 1 is 1.28 bits per heavy atom. The van der Waals surface area contributed by atoms with Crippen molar-refractivity contribution in [3.05, 3.63) is 0 Å². The van der Waals surface area contributed by atoms with E-state index in [1.54, 1.807) is 6.92 Å². The van der Waals surface area contributed by atoms with E-state index in [0.717, 1.165) is 26.1 Å². The number of rotatable bonds is 9. The Bertz CT molecular complexity index is 179. The zero-order chi connectivity index (χ0) is 14.6. The molecule has 4 heteroatoms. The van der Waals surface area contributed by atoms with Gasteiger partial charge in [-0.1, -0.05) is 34.6 Å². The maximum Gasteiger partial charge on any atom is 0.111 e. The van der Waals surface area contributed by atoms with E-state index in [2.05, 4.69) is 31.4 Å². The van der Waals surface area contributed by atoms with Gasteiger partial charge in [-0.2, -0.15) is 0 Å². The molecule has 0 heterocycles. The van der Waals surface area contributed by atoms with Crippen LogP contribution in [0.2, 0.25) is 0 Å². The summed E-state index contributed by atoms with van der Waals surface area (Å²) in [6, 6.07) is 0.505. The van der Waals surface area contributed by atoms with Crippen LogP contribution in [-0.2, 0) is 0 Å². The molecule has 118 valence electrons. The molecule has 0 aliphatic rings. The predicted octanol–water partition coefficient (Wildman–Crippen LogP) is 2.42. The molecule has 0 bridgehead atoms. The summed E-state index contributed by atoms with van der Waals surface area (Å²) in [7, 11) is 0. The van der Waals surface area contributed by atoms with Crippen LogP contribution >= 0.6 is 0 Å². The third-order valence-electron chi connectivity index (χ3n) is 2.51. The lowest BCUT2D eigenvalue weighted by molar-refractivity contribution is 0.0580. The molecule has 4 nitrogen and oxygen atoms in total. The van der Waals surface area contributed by atoms with Crippen molar-refractivity contribution >= 4 is 0 Å². The van der Waals surface area contributed by atoms with E-state index in [1.165, 1.54) is 0 Å². The maximum atomic E-state index is 9.34. The van der Waals surface area contributed by atoms with Crippen molar-refractivity contribution in [2.45, 2.75) is 66.2 Å². The number of nitrogens with two attached hydrogens (primary N) is 1. The highest BCUT2D eigenvalue weighted by Gasteiger charge is 2.12. The smallest absolute Gasteiger partial charge is 0.111 e. The number of nitrogens with one attached hydrogen (secondary N) is 2. The lowest BCUT2D eigenvalue weighted by atomic mass is 10.1. The Balaban J connectivity index is -0.000000163. The molecule has 0 amide bonds. The van der Waals surface area contributed by atoms with Crippen LogP contribution in [0.1, 0.15) is 58.7 Å². The number of hydrogen-bond donors (Lipinski definition) is 4. The summed E-state index contributed by atoms with van der Waals surface area (Å²) in [4.78, 5) is 0. The fraction of sp³-hybridized carbons (Fsp3) is 1.00. The molecule has 0 fully saturated rings. The fourth-order valence-corrected chi connectivity index (χ4v) is 1.38. The molecule has 18 heavy (non-hydrogen) atoms. The standard InChI is InChI=1S/C12H29N3O.C2H6.3H2/c1-5-11(15-8-10(2)3)9-14-7-6-12(4,13)16;1-2;;;/h10-11,14-16H,5-9,13H2,1-4H3;1-2H3;3*1H. The molecule has 0 spiro atoms. The summed E-state index contributed by atoms with van der Waals surface area (Å²) in [5.41, 5.74) is 4.43.